The van der Waals surface area contributed by atoms with Crippen LogP contribution in [0.4, 0.5) is 5.69 Å². The van der Waals surface area contributed by atoms with Gasteiger partial charge in [0, 0.05) is 68.1 Å². The number of anilines is 1. The summed E-state index contributed by atoms with van der Waals surface area (Å²) in [6, 6.07) is 16.2. The summed E-state index contributed by atoms with van der Waals surface area (Å²) < 4.78 is 25.1. The standard InChI is InChI=1S/C36H49N5O3PS/c1-27(2)41(28(3)4)45(43-24-16-37-5)42-23-10-6-9-17-38-19-21-39(22-20-38)30-14-13-29-25-31-33(44-34(29)26-30)15-18-40-32-11-7-8-12-35(32)46-36(31)40/h7-8,11-14,25-28,33H,6,9-10,15-24H2,1-4H3/q+1. The lowest BCUT2D eigenvalue weighted by molar-refractivity contribution is -0.673. The van der Waals surface area contributed by atoms with Crippen molar-refractivity contribution in [1.82, 2.24) is 9.57 Å². The number of hydrogen-bond donors (Lipinski definition) is 0. The van der Waals surface area contributed by atoms with Crippen molar-refractivity contribution in [2.45, 2.75) is 78.1 Å². The first-order valence-corrected chi connectivity index (χ1v) is 19.0. The Morgan fingerprint density at radius 2 is 1.80 bits per heavy atom. The van der Waals surface area contributed by atoms with Crippen LogP contribution < -0.4 is 14.2 Å². The lowest BCUT2D eigenvalue weighted by Crippen LogP contribution is -2.46. The molecule has 1 saturated heterocycles. The average Bonchev–Trinajstić information content (AvgIpc) is 3.44. The minimum Gasteiger partial charge on any atom is -0.484 e. The summed E-state index contributed by atoms with van der Waals surface area (Å²) in [5, 5.41) is 1.34. The quantitative estimate of drug-likeness (QED) is 0.0772. The van der Waals surface area contributed by atoms with E-state index < -0.39 is 8.53 Å². The van der Waals surface area contributed by atoms with Gasteiger partial charge >= 0.3 is 0 Å². The molecule has 2 aromatic carbocycles. The Morgan fingerprint density at radius 1 is 1.02 bits per heavy atom. The van der Waals surface area contributed by atoms with Gasteiger partial charge in [0.25, 0.3) is 13.5 Å². The molecule has 0 spiro atoms. The van der Waals surface area contributed by atoms with Crippen LogP contribution in [0.15, 0.2) is 42.5 Å². The smallest absolute Gasteiger partial charge is 0.269 e. The number of aryl methyl sites for hydroxylation is 1. The van der Waals surface area contributed by atoms with Crippen LogP contribution in [0, 0.1) is 6.57 Å². The summed E-state index contributed by atoms with van der Waals surface area (Å²) in [4.78, 5) is 8.55. The first-order valence-electron chi connectivity index (χ1n) is 17.0. The minimum absolute atomic E-state index is 0.131. The van der Waals surface area contributed by atoms with Gasteiger partial charge in [-0.05, 0) is 77.8 Å². The van der Waals surface area contributed by atoms with Crippen LogP contribution in [0.5, 0.6) is 5.75 Å². The number of para-hydroxylation sites is 1. The summed E-state index contributed by atoms with van der Waals surface area (Å²) >= 11 is 1.88. The highest BCUT2D eigenvalue weighted by Crippen LogP contribution is 2.46. The van der Waals surface area contributed by atoms with Gasteiger partial charge in [-0.2, -0.15) is 4.57 Å². The van der Waals surface area contributed by atoms with Crippen molar-refractivity contribution in [2.24, 2.45) is 0 Å². The number of aromatic nitrogens is 1. The molecule has 2 unspecified atom stereocenters. The third-order valence-corrected chi connectivity index (χ3v) is 12.4. The number of hydrogen-bond acceptors (Lipinski definition) is 7. The molecule has 1 fully saturated rings. The lowest BCUT2D eigenvalue weighted by atomic mass is 9.97. The van der Waals surface area contributed by atoms with Gasteiger partial charge in [-0.1, -0.05) is 23.5 Å². The Labute approximate surface area is 280 Å². The highest BCUT2D eigenvalue weighted by atomic mass is 32.1. The van der Waals surface area contributed by atoms with E-state index in [1.807, 2.05) is 11.3 Å². The number of ether oxygens (including phenoxy) is 1. The van der Waals surface area contributed by atoms with Crippen LogP contribution in [0.2, 0.25) is 0 Å². The highest BCUT2D eigenvalue weighted by molar-refractivity contribution is 7.44. The predicted molar refractivity (Wildman–Crippen MR) is 190 cm³/mol. The molecule has 0 N–H and O–H groups in total. The zero-order chi connectivity index (χ0) is 32.0. The van der Waals surface area contributed by atoms with Gasteiger partial charge in [0.05, 0.1) is 12.2 Å². The monoisotopic (exact) mass is 662 g/mol. The molecule has 0 radical (unpaired) electrons. The molecule has 3 aliphatic rings. The van der Waals surface area contributed by atoms with Crippen molar-refractivity contribution >= 4 is 47.4 Å². The van der Waals surface area contributed by atoms with E-state index >= 15 is 0 Å². The van der Waals surface area contributed by atoms with Gasteiger partial charge < -0.3 is 23.5 Å². The van der Waals surface area contributed by atoms with E-state index in [9.17, 15) is 0 Å². The van der Waals surface area contributed by atoms with Crippen molar-refractivity contribution in [1.29, 1.82) is 0 Å². The van der Waals surface area contributed by atoms with Crippen molar-refractivity contribution < 1.29 is 18.4 Å². The fourth-order valence-electron chi connectivity index (χ4n) is 6.85. The van der Waals surface area contributed by atoms with E-state index in [2.05, 4.69) is 100 Å². The second-order valence-corrected chi connectivity index (χ2v) is 15.5. The maximum absolute atomic E-state index is 7.05. The third kappa shape index (κ3) is 7.59. The number of nitrogens with zero attached hydrogens (tertiary/aromatic N) is 5. The second kappa shape index (κ2) is 15.6. The first-order chi connectivity index (χ1) is 22.4. The molecule has 246 valence electrons. The molecule has 6 rings (SSSR count). The maximum atomic E-state index is 7.05. The van der Waals surface area contributed by atoms with Crippen molar-refractivity contribution in [2.75, 3.05) is 57.4 Å². The first kappa shape index (κ1) is 33.3. The fourth-order valence-corrected chi connectivity index (χ4v) is 9.71. The van der Waals surface area contributed by atoms with E-state index in [0.29, 0.717) is 31.8 Å². The van der Waals surface area contributed by atoms with E-state index in [1.165, 1.54) is 38.5 Å². The van der Waals surface area contributed by atoms with Crippen LogP contribution in [0.3, 0.4) is 0 Å². The van der Waals surface area contributed by atoms with Crippen molar-refractivity contribution in [3.8, 4) is 5.75 Å². The predicted octanol–water partition coefficient (Wildman–Crippen LogP) is 7.48. The second-order valence-electron chi connectivity index (χ2n) is 13.0. The summed E-state index contributed by atoms with van der Waals surface area (Å²) in [6.45, 7) is 23.7. The normalized spacial score (nSPS) is 18.7. The van der Waals surface area contributed by atoms with Gasteiger partial charge in [-0.15, -0.1) is 0 Å². The average molecular weight is 663 g/mol. The number of thiazole rings is 1. The maximum Gasteiger partial charge on any atom is 0.269 e. The van der Waals surface area contributed by atoms with Crippen LogP contribution in [0.25, 0.3) is 26.7 Å². The van der Waals surface area contributed by atoms with Crippen LogP contribution in [0.1, 0.15) is 63.9 Å². The molecule has 46 heavy (non-hydrogen) atoms. The zero-order valence-corrected chi connectivity index (χ0v) is 29.6. The molecule has 3 aromatic rings. The largest absolute Gasteiger partial charge is 0.484 e. The van der Waals surface area contributed by atoms with Crippen LogP contribution in [-0.2, 0) is 15.6 Å². The Bertz CT molecular complexity index is 1540. The molecule has 0 saturated carbocycles. The van der Waals surface area contributed by atoms with Gasteiger partial charge in [0.15, 0.2) is 6.54 Å². The SMILES string of the molecule is [C-]#[N+]CCOP(OCCCCCN1CCN(c2ccc3c(c2)OC2CC[n+]4c(sc5ccccc54)C2=C3)CC1)N(C(C)C)C(C)C. The highest BCUT2D eigenvalue weighted by Gasteiger charge is 2.38. The van der Waals surface area contributed by atoms with E-state index in [4.69, 9.17) is 20.4 Å². The van der Waals surface area contributed by atoms with E-state index in [1.54, 1.807) is 0 Å². The Kier molecular flexibility index (Phi) is 11.3. The number of unbranched alkanes of at least 4 members (excludes halogenated alkanes) is 2. The number of benzene rings is 2. The van der Waals surface area contributed by atoms with Crippen molar-refractivity contribution in [3.63, 3.8) is 0 Å². The molecular formula is C36H49N5O3PS+. The molecule has 0 bridgehead atoms. The third-order valence-electron chi connectivity index (χ3n) is 9.10. The number of piperazine rings is 1. The van der Waals surface area contributed by atoms with Gasteiger partial charge in [0.2, 0.25) is 12.1 Å². The van der Waals surface area contributed by atoms with Crippen molar-refractivity contribution in [3.05, 3.63) is 64.5 Å². The molecule has 8 nitrogen and oxygen atoms in total. The molecule has 10 heteroatoms. The Morgan fingerprint density at radius 3 is 2.59 bits per heavy atom. The summed E-state index contributed by atoms with van der Waals surface area (Å²) in [5.74, 6) is 1.02. The summed E-state index contributed by atoms with van der Waals surface area (Å²) in [6.07, 6.45) is 6.86. The van der Waals surface area contributed by atoms with Gasteiger partial charge in [0.1, 0.15) is 23.2 Å². The zero-order valence-electron chi connectivity index (χ0n) is 27.9. The molecule has 4 heterocycles. The molecule has 0 amide bonds. The summed E-state index contributed by atoms with van der Waals surface area (Å²) in [7, 11) is -1.14. The van der Waals surface area contributed by atoms with E-state index in [0.717, 1.165) is 64.3 Å². The fraction of sp³-hybridized carbons (Fsp3) is 0.556. The lowest BCUT2D eigenvalue weighted by Gasteiger charge is -2.37. The Balaban J connectivity index is 0.955. The number of rotatable bonds is 14. The molecule has 0 aliphatic carbocycles. The van der Waals surface area contributed by atoms with Gasteiger partial charge in [-0.25, -0.2) is 11.2 Å². The summed E-state index contributed by atoms with van der Waals surface area (Å²) in [5.41, 5.74) is 5.12. The molecule has 2 atom stereocenters. The molecule has 1 aromatic heterocycles. The molecule has 3 aliphatic heterocycles. The van der Waals surface area contributed by atoms with E-state index in [-0.39, 0.29) is 6.10 Å². The van der Waals surface area contributed by atoms with Crippen LogP contribution in [-0.4, -0.2) is 80.2 Å². The Hall–Kier alpha value is -2.57. The molecular weight excluding hydrogens is 613 g/mol. The van der Waals surface area contributed by atoms with Gasteiger partial charge in [-0.3, -0.25) is 4.90 Å². The topological polar surface area (TPSA) is 45.7 Å². The minimum atomic E-state index is -1.14. The van der Waals surface area contributed by atoms with Crippen LogP contribution >= 0.6 is 19.9 Å². The number of fused-ring (bicyclic) bond motifs is 6.